The number of hydrogen-bond donors (Lipinski definition) is 5. The number of aliphatic carboxylic acids is 1. The molecule has 132 valence electrons. The monoisotopic (exact) mass is 388 g/mol. The van der Waals surface area contributed by atoms with Crippen molar-refractivity contribution in [3.8, 4) is 0 Å². The second kappa shape index (κ2) is 20.5. The molecular formula is C11H28Cl4N4O2. The average molecular weight is 390 g/mol. The molecule has 0 radical (unpaired) electrons. The summed E-state index contributed by atoms with van der Waals surface area (Å²) in [4.78, 5) is 11.0. The van der Waals surface area contributed by atoms with Gasteiger partial charge in [-0.3, -0.25) is 4.79 Å². The topological polar surface area (TPSA) is 85.4 Å². The van der Waals surface area contributed by atoms with Crippen LogP contribution < -0.4 is 21.3 Å². The standard InChI is InChI=1S/C11H24N4O2.4ClH/c16-11(17)10-8-14-6-4-12-2-1-3-13-5-7-15-9-10;;;;/h10,12-15H,1-9H2,(H,16,17);4*1H. The van der Waals surface area contributed by atoms with E-state index in [-0.39, 0.29) is 55.5 Å². The van der Waals surface area contributed by atoms with Gasteiger partial charge in [-0.1, -0.05) is 0 Å². The van der Waals surface area contributed by atoms with Crippen molar-refractivity contribution in [1.29, 1.82) is 0 Å². The van der Waals surface area contributed by atoms with E-state index < -0.39 is 5.97 Å². The fourth-order valence-corrected chi connectivity index (χ4v) is 1.74. The van der Waals surface area contributed by atoms with Crippen LogP contribution in [0.1, 0.15) is 6.42 Å². The Morgan fingerprint density at radius 2 is 1.10 bits per heavy atom. The average Bonchev–Trinajstić information content (AvgIpc) is 2.31. The Morgan fingerprint density at radius 1 is 0.714 bits per heavy atom. The van der Waals surface area contributed by atoms with Gasteiger partial charge in [0.05, 0.1) is 5.92 Å². The summed E-state index contributed by atoms with van der Waals surface area (Å²) in [6.07, 6.45) is 1.12. The highest BCUT2D eigenvalue weighted by molar-refractivity contribution is 5.86. The highest BCUT2D eigenvalue weighted by Crippen LogP contribution is 1.92. The highest BCUT2D eigenvalue weighted by Gasteiger charge is 2.15. The quantitative estimate of drug-likeness (QED) is 0.438. The lowest BCUT2D eigenvalue weighted by atomic mass is 10.1. The Kier molecular flexibility index (Phi) is 28.7. The van der Waals surface area contributed by atoms with Crippen LogP contribution in [0, 0.1) is 5.92 Å². The molecular weight excluding hydrogens is 362 g/mol. The summed E-state index contributed by atoms with van der Waals surface area (Å²) in [5.41, 5.74) is 0. The van der Waals surface area contributed by atoms with Crippen LogP contribution >= 0.6 is 49.6 Å². The zero-order valence-electron chi connectivity index (χ0n) is 11.9. The van der Waals surface area contributed by atoms with Gasteiger partial charge in [0.15, 0.2) is 0 Å². The van der Waals surface area contributed by atoms with Crippen molar-refractivity contribution in [2.45, 2.75) is 6.42 Å². The van der Waals surface area contributed by atoms with Gasteiger partial charge in [-0.25, -0.2) is 0 Å². The molecule has 0 aromatic heterocycles. The molecule has 0 bridgehead atoms. The molecule has 0 unspecified atom stereocenters. The maximum absolute atomic E-state index is 11.0. The Hall–Kier alpha value is 0.470. The molecule has 1 rings (SSSR count). The fraction of sp³-hybridized carbons (Fsp3) is 0.909. The number of carbonyl (C=O) groups is 1. The van der Waals surface area contributed by atoms with Crippen molar-refractivity contribution >= 4 is 55.6 Å². The van der Waals surface area contributed by atoms with Crippen molar-refractivity contribution in [3.63, 3.8) is 0 Å². The van der Waals surface area contributed by atoms with Gasteiger partial charge in [-0.15, -0.1) is 49.6 Å². The summed E-state index contributed by atoms with van der Waals surface area (Å²) in [5.74, 6) is -1.09. The van der Waals surface area contributed by atoms with Crippen molar-refractivity contribution < 1.29 is 9.90 Å². The molecule has 0 amide bonds. The van der Waals surface area contributed by atoms with Gasteiger partial charge in [-0.05, 0) is 19.5 Å². The molecule has 5 N–H and O–H groups in total. The zero-order valence-corrected chi connectivity index (χ0v) is 15.2. The maximum Gasteiger partial charge on any atom is 0.309 e. The van der Waals surface area contributed by atoms with E-state index in [0.29, 0.717) is 13.1 Å². The summed E-state index contributed by atoms with van der Waals surface area (Å²) in [6.45, 7) is 6.47. The smallest absolute Gasteiger partial charge is 0.309 e. The predicted molar refractivity (Wildman–Crippen MR) is 96.2 cm³/mol. The van der Waals surface area contributed by atoms with Crippen LogP contribution in [0.4, 0.5) is 0 Å². The first-order valence-electron chi connectivity index (χ1n) is 6.36. The van der Waals surface area contributed by atoms with Crippen LogP contribution in [-0.2, 0) is 4.79 Å². The molecule has 1 aliphatic heterocycles. The predicted octanol–water partition coefficient (Wildman–Crippen LogP) is 0.137. The molecule has 10 heteroatoms. The van der Waals surface area contributed by atoms with Gasteiger partial charge in [0, 0.05) is 39.3 Å². The molecule has 0 saturated carbocycles. The summed E-state index contributed by atoms with van der Waals surface area (Å²) in [5, 5.41) is 22.0. The van der Waals surface area contributed by atoms with Crippen LogP contribution in [0.25, 0.3) is 0 Å². The first-order chi connectivity index (χ1) is 8.30. The number of rotatable bonds is 1. The fourth-order valence-electron chi connectivity index (χ4n) is 1.74. The van der Waals surface area contributed by atoms with E-state index in [1.54, 1.807) is 0 Å². The van der Waals surface area contributed by atoms with E-state index >= 15 is 0 Å². The molecule has 1 saturated heterocycles. The number of halogens is 4. The van der Waals surface area contributed by atoms with Gasteiger partial charge in [0.25, 0.3) is 0 Å². The van der Waals surface area contributed by atoms with E-state index in [4.69, 9.17) is 5.11 Å². The Bertz CT molecular complexity index is 214. The highest BCUT2D eigenvalue weighted by atomic mass is 35.5. The summed E-state index contributed by atoms with van der Waals surface area (Å²) < 4.78 is 0. The molecule has 6 nitrogen and oxygen atoms in total. The molecule has 0 atom stereocenters. The van der Waals surface area contributed by atoms with E-state index in [1.807, 2.05) is 0 Å². The van der Waals surface area contributed by atoms with Crippen molar-refractivity contribution in [2.75, 3.05) is 52.4 Å². The zero-order chi connectivity index (χ0) is 12.3. The number of hydrogen-bond acceptors (Lipinski definition) is 5. The van der Waals surface area contributed by atoms with Crippen molar-refractivity contribution in [1.82, 2.24) is 21.3 Å². The van der Waals surface area contributed by atoms with Crippen LogP contribution in [0.5, 0.6) is 0 Å². The largest absolute Gasteiger partial charge is 0.481 e. The molecule has 0 aromatic rings. The van der Waals surface area contributed by atoms with Crippen molar-refractivity contribution in [2.24, 2.45) is 5.92 Å². The van der Waals surface area contributed by atoms with Crippen molar-refractivity contribution in [3.05, 3.63) is 0 Å². The van der Waals surface area contributed by atoms with Gasteiger partial charge in [-0.2, -0.15) is 0 Å². The number of nitrogens with one attached hydrogen (secondary N) is 4. The minimum Gasteiger partial charge on any atom is -0.481 e. The molecule has 1 aliphatic rings. The minimum absolute atomic E-state index is 0. The first-order valence-corrected chi connectivity index (χ1v) is 6.36. The van der Waals surface area contributed by atoms with E-state index in [2.05, 4.69) is 21.3 Å². The normalized spacial score (nSPS) is 18.5. The lowest BCUT2D eigenvalue weighted by Crippen LogP contribution is -2.41. The van der Waals surface area contributed by atoms with E-state index in [0.717, 1.165) is 45.7 Å². The second-order valence-corrected chi connectivity index (χ2v) is 4.30. The third-order valence-electron chi connectivity index (χ3n) is 2.79. The summed E-state index contributed by atoms with van der Waals surface area (Å²) in [7, 11) is 0. The molecule has 0 spiro atoms. The Balaban J connectivity index is -0.000000361. The lowest BCUT2D eigenvalue weighted by molar-refractivity contribution is -0.141. The molecule has 1 fully saturated rings. The molecule has 1 heterocycles. The Labute approximate surface area is 151 Å². The van der Waals surface area contributed by atoms with Gasteiger partial charge in [0.1, 0.15) is 0 Å². The van der Waals surface area contributed by atoms with Crippen LogP contribution in [0.15, 0.2) is 0 Å². The minimum atomic E-state index is -0.738. The first kappa shape index (κ1) is 29.5. The molecule has 0 aliphatic carbocycles. The Morgan fingerprint density at radius 3 is 1.48 bits per heavy atom. The maximum atomic E-state index is 11.0. The number of carboxylic acid groups (broad SMARTS) is 1. The third-order valence-corrected chi connectivity index (χ3v) is 2.79. The van der Waals surface area contributed by atoms with Gasteiger partial charge < -0.3 is 26.4 Å². The van der Waals surface area contributed by atoms with Gasteiger partial charge in [0.2, 0.25) is 0 Å². The van der Waals surface area contributed by atoms with Crippen LogP contribution in [-0.4, -0.2) is 63.4 Å². The summed E-state index contributed by atoms with van der Waals surface area (Å²) in [6, 6.07) is 0. The van der Waals surface area contributed by atoms with E-state index in [1.165, 1.54) is 0 Å². The van der Waals surface area contributed by atoms with Crippen LogP contribution in [0.3, 0.4) is 0 Å². The SMILES string of the molecule is Cl.Cl.Cl.Cl.O=C(O)C1CNCCNCCCNCCNC1. The number of carboxylic acids is 1. The third kappa shape index (κ3) is 16.7. The molecule has 0 aromatic carbocycles. The van der Waals surface area contributed by atoms with Gasteiger partial charge >= 0.3 is 5.97 Å². The van der Waals surface area contributed by atoms with E-state index in [9.17, 15) is 4.79 Å². The lowest BCUT2D eigenvalue weighted by Gasteiger charge is -2.15. The summed E-state index contributed by atoms with van der Waals surface area (Å²) >= 11 is 0. The molecule has 21 heavy (non-hydrogen) atoms. The van der Waals surface area contributed by atoms with Crippen LogP contribution in [0.2, 0.25) is 0 Å². The second-order valence-electron chi connectivity index (χ2n) is 4.30.